The van der Waals surface area contributed by atoms with Gasteiger partial charge in [-0.1, -0.05) is 29.8 Å². The summed E-state index contributed by atoms with van der Waals surface area (Å²) in [7, 11) is 1.64. The third kappa shape index (κ3) is 3.52. The van der Waals surface area contributed by atoms with Crippen molar-refractivity contribution in [3.8, 4) is 0 Å². The first kappa shape index (κ1) is 18.2. The highest BCUT2D eigenvalue weighted by atomic mass is 35.5. The van der Waals surface area contributed by atoms with Crippen LogP contribution in [0, 0.1) is 0 Å². The van der Waals surface area contributed by atoms with E-state index in [4.69, 9.17) is 16.3 Å². The van der Waals surface area contributed by atoms with Gasteiger partial charge in [0.05, 0.1) is 24.7 Å². The molecule has 0 radical (unpaired) electrons. The molecule has 0 saturated carbocycles. The first-order valence-electron chi connectivity index (χ1n) is 9.19. The topological polar surface area (TPSA) is 52.3 Å². The van der Waals surface area contributed by atoms with E-state index in [0.717, 1.165) is 47.8 Å². The molecule has 3 aromatic rings. The van der Waals surface area contributed by atoms with Crippen LogP contribution in [0.5, 0.6) is 0 Å². The summed E-state index contributed by atoms with van der Waals surface area (Å²) >= 11 is 6.30. The quantitative estimate of drug-likeness (QED) is 0.653. The van der Waals surface area contributed by atoms with Crippen molar-refractivity contribution in [3.05, 3.63) is 63.7 Å². The Morgan fingerprint density at radius 2 is 2.11 bits per heavy atom. The first-order chi connectivity index (χ1) is 13.2. The van der Waals surface area contributed by atoms with Gasteiger partial charge >= 0.3 is 5.69 Å². The molecule has 0 bridgehead atoms. The van der Waals surface area contributed by atoms with Crippen LogP contribution in [0.1, 0.15) is 18.0 Å². The average molecular weight is 387 g/mol. The zero-order valence-corrected chi connectivity index (χ0v) is 16.1. The van der Waals surface area contributed by atoms with Gasteiger partial charge < -0.3 is 4.74 Å². The molecule has 0 spiro atoms. The van der Waals surface area contributed by atoms with E-state index in [1.165, 1.54) is 0 Å². The van der Waals surface area contributed by atoms with E-state index in [0.29, 0.717) is 13.2 Å². The largest absolute Gasteiger partial charge is 0.383 e. The van der Waals surface area contributed by atoms with E-state index >= 15 is 0 Å². The maximum atomic E-state index is 13.1. The minimum Gasteiger partial charge on any atom is -0.383 e. The standard InChI is InChI=1S/C20H23ClN4O2/c1-27-12-11-24-18-7-4-9-22-19(18)25(20(24)26)16-8-10-23(14-16)13-15-5-2-3-6-17(15)21/h2-7,9,16H,8,10-14H2,1H3/t16-/m1/s1. The van der Waals surface area contributed by atoms with E-state index in [9.17, 15) is 4.79 Å². The van der Waals surface area contributed by atoms with Crippen molar-refractivity contribution < 1.29 is 4.74 Å². The summed E-state index contributed by atoms with van der Waals surface area (Å²) in [4.78, 5) is 19.9. The van der Waals surface area contributed by atoms with Crippen LogP contribution in [0.2, 0.25) is 5.02 Å². The molecule has 27 heavy (non-hydrogen) atoms. The van der Waals surface area contributed by atoms with Gasteiger partial charge in [-0.25, -0.2) is 9.78 Å². The summed E-state index contributed by atoms with van der Waals surface area (Å²) in [5.41, 5.74) is 2.73. The van der Waals surface area contributed by atoms with Crippen molar-refractivity contribution in [2.24, 2.45) is 0 Å². The lowest BCUT2D eigenvalue weighted by atomic mass is 10.2. The summed E-state index contributed by atoms with van der Waals surface area (Å²) in [6.45, 7) is 3.56. The fourth-order valence-electron chi connectivity index (χ4n) is 3.87. The lowest BCUT2D eigenvalue weighted by Crippen LogP contribution is -2.30. The van der Waals surface area contributed by atoms with Crippen LogP contribution in [-0.4, -0.2) is 45.8 Å². The molecular formula is C20H23ClN4O2. The molecule has 7 heteroatoms. The van der Waals surface area contributed by atoms with E-state index in [-0.39, 0.29) is 11.7 Å². The number of aromatic nitrogens is 3. The van der Waals surface area contributed by atoms with Gasteiger partial charge in [0.2, 0.25) is 0 Å². The summed E-state index contributed by atoms with van der Waals surface area (Å²) in [6, 6.07) is 11.9. The Balaban J connectivity index is 1.61. The first-order valence-corrected chi connectivity index (χ1v) is 9.57. The van der Waals surface area contributed by atoms with Crippen molar-refractivity contribution in [2.45, 2.75) is 25.6 Å². The third-order valence-corrected chi connectivity index (χ3v) is 5.57. The number of methoxy groups -OCH3 is 1. The van der Waals surface area contributed by atoms with Crippen LogP contribution < -0.4 is 5.69 Å². The van der Waals surface area contributed by atoms with Gasteiger partial charge in [-0.15, -0.1) is 0 Å². The summed E-state index contributed by atoms with van der Waals surface area (Å²) in [6.07, 6.45) is 2.67. The summed E-state index contributed by atoms with van der Waals surface area (Å²) in [5.74, 6) is 0. The predicted octanol–water partition coefficient (Wildman–Crippen LogP) is 2.94. The second-order valence-corrected chi connectivity index (χ2v) is 7.32. The molecule has 1 aliphatic rings. The fraction of sp³-hybridized carbons (Fsp3) is 0.400. The van der Waals surface area contributed by atoms with Crippen LogP contribution in [0.25, 0.3) is 11.2 Å². The lowest BCUT2D eigenvalue weighted by molar-refractivity contribution is 0.187. The Kier molecular flexibility index (Phi) is 5.29. The number of pyridine rings is 1. The minimum atomic E-state index is -0.00894. The molecule has 1 aliphatic heterocycles. The highest BCUT2D eigenvalue weighted by molar-refractivity contribution is 6.31. The number of nitrogens with zero attached hydrogens (tertiary/aromatic N) is 4. The second kappa shape index (κ2) is 7.84. The van der Waals surface area contributed by atoms with E-state index in [1.54, 1.807) is 17.9 Å². The maximum absolute atomic E-state index is 13.1. The Morgan fingerprint density at radius 3 is 2.93 bits per heavy atom. The number of fused-ring (bicyclic) bond motifs is 1. The van der Waals surface area contributed by atoms with E-state index < -0.39 is 0 Å². The van der Waals surface area contributed by atoms with Crippen LogP contribution in [-0.2, 0) is 17.8 Å². The number of likely N-dealkylation sites (tertiary alicyclic amines) is 1. The molecule has 2 aromatic heterocycles. The highest BCUT2D eigenvalue weighted by Crippen LogP contribution is 2.26. The van der Waals surface area contributed by atoms with Crippen LogP contribution in [0.3, 0.4) is 0 Å². The molecule has 1 fully saturated rings. The number of hydrogen-bond donors (Lipinski definition) is 0. The normalized spacial score (nSPS) is 17.8. The smallest absolute Gasteiger partial charge is 0.330 e. The second-order valence-electron chi connectivity index (χ2n) is 6.91. The molecular weight excluding hydrogens is 364 g/mol. The zero-order chi connectivity index (χ0) is 18.8. The fourth-order valence-corrected chi connectivity index (χ4v) is 4.07. The highest BCUT2D eigenvalue weighted by Gasteiger charge is 2.28. The number of rotatable bonds is 6. The predicted molar refractivity (Wildman–Crippen MR) is 106 cm³/mol. The molecule has 3 heterocycles. The summed E-state index contributed by atoms with van der Waals surface area (Å²) < 4.78 is 8.79. The van der Waals surface area contributed by atoms with Crippen molar-refractivity contribution in [2.75, 3.05) is 26.8 Å². The third-order valence-electron chi connectivity index (χ3n) is 5.21. The Labute approximate surface area is 162 Å². The Morgan fingerprint density at radius 1 is 1.26 bits per heavy atom. The minimum absolute atomic E-state index is 0.00894. The maximum Gasteiger partial charge on any atom is 0.330 e. The van der Waals surface area contributed by atoms with Gasteiger partial charge in [0.15, 0.2) is 5.65 Å². The van der Waals surface area contributed by atoms with Gasteiger partial charge in [0, 0.05) is 38.0 Å². The number of imidazole rings is 1. The SMILES string of the molecule is COCCn1c(=O)n([C@@H]2CCN(Cc3ccccc3Cl)C2)c2ncccc21. The molecule has 1 atom stereocenters. The van der Waals surface area contributed by atoms with Crippen LogP contribution in [0.15, 0.2) is 47.4 Å². The zero-order valence-electron chi connectivity index (χ0n) is 15.3. The number of hydrogen-bond acceptors (Lipinski definition) is 4. The van der Waals surface area contributed by atoms with Crippen molar-refractivity contribution in [3.63, 3.8) is 0 Å². The molecule has 0 amide bonds. The lowest BCUT2D eigenvalue weighted by Gasteiger charge is -2.17. The number of benzene rings is 1. The molecule has 142 valence electrons. The van der Waals surface area contributed by atoms with Crippen LogP contribution >= 0.6 is 11.6 Å². The van der Waals surface area contributed by atoms with Crippen molar-refractivity contribution in [1.82, 2.24) is 19.0 Å². The van der Waals surface area contributed by atoms with Gasteiger partial charge in [-0.2, -0.15) is 0 Å². The van der Waals surface area contributed by atoms with Crippen LogP contribution in [0.4, 0.5) is 0 Å². The molecule has 0 aliphatic carbocycles. The monoisotopic (exact) mass is 386 g/mol. The van der Waals surface area contributed by atoms with Gasteiger partial charge in [-0.05, 0) is 30.2 Å². The summed E-state index contributed by atoms with van der Waals surface area (Å²) in [5, 5.41) is 0.788. The van der Waals surface area contributed by atoms with E-state index in [1.807, 2.05) is 34.9 Å². The van der Waals surface area contributed by atoms with Gasteiger partial charge in [0.25, 0.3) is 0 Å². The average Bonchev–Trinajstić information content (AvgIpc) is 3.23. The van der Waals surface area contributed by atoms with Gasteiger partial charge in [0.1, 0.15) is 0 Å². The molecule has 4 rings (SSSR count). The molecule has 0 N–H and O–H groups in total. The van der Waals surface area contributed by atoms with Crippen molar-refractivity contribution >= 4 is 22.8 Å². The molecule has 6 nitrogen and oxygen atoms in total. The molecule has 1 aromatic carbocycles. The Bertz CT molecular complexity index is 997. The number of halogens is 1. The molecule has 0 unspecified atom stereocenters. The Hall–Kier alpha value is -2.15. The van der Waals surface area contributed by atoms with Crippen molar-refractivity contribution in [1.29, 1.82) is 0 Å². The number of ether oxygens (including phenoxy) is 1. The van der Waals surface area contributed by atoms with E-state index in [2.05, 4.69) is 16.0 Å². The van der Waals surface area contributed by atoms with Gasteiger partial charge in [-0.3, -0.25) is 14.0 Å². The molecule has 1 saturated heterocycles.